The highest BCUT2D eigenvalue weighted by Gasteiger charge is 2.15. The van der Waals surface area contributed by atoms with Crippen LogP contribution in [0.4, 0.5) is 5.82 Å². The molecule has 150 valence electrons. The predicted octanol–water partition coefficient (Wildman–Crippen LogP) is 4.82. The number of carbonyl (C=O) groups excluding carboxylic acids is 1. The number of fused-ring (bicyclic) bond motifs is 1. The van der Waals surface area contributed by atoms with Gasteiger partial charge in [0.25, 0.3) is 5.56 Å². The van der Waals surface area contributed by atoms with E-state index in [4.69, 9.17) is 23.2 Å². The zero-order valence-corrected chi connectivity index (χ0v) is 17.7. The fourth-order valence-corrected chi connectivity index (χ4v) is 3.89. The van der Waals surface area contributed by atoms with Gasteiger partial charge in [0.2, 0.25) is 5.91 Å². The number of nitrogens with zero attached hydrogens (tertiary/aromatic N) is 3. The van der Waals surface area contributed by atoms with Crippen molar-refractivity contribution in [1.82, 2.24) is 14.5 Å². The van der Waals surface area contributed by atoms with Crippen LogP contribution in [-0.2, 0) is 4.79 Å². The highest BCUT2D eigenvalue weighted by molar-refractivity contribution is 7.99. The first-order valence-electron chi connectivity index (χ1n) is 8.83. The van der Waals surface area contributed by atoms with E-state index in [1.54, 1.807) is 30.3 Å². The Bertz CT molecular complexity index is 1280. The lowest BCUT2D eigenvalue weighted by Crippen LogP contribution is -2.23. The lowest BCUT2D eigenvalue weighted by atomic mass is 10.2. The molecule has 0 spiro atoms. The fourth-order valence-electron chi connectivity index (χ4n) is 2.80. The summed E-state index contributed by atoms with van der Waals surface area (Å²) < 4.78 is 1.49. The SMILES string of the molecule is O=C(CSc1nc2cc(Cl)ccc2c(=O)n1-c1ccccc1)Nc1ccc(Cl)cn1. The van der Waals surface area contributed by atoms with Gasteiger partial charge in [0.05, 0.1) is 27.4 Å². The molecule has 0 aliphatic carbocycles. The molecule has 2 aromatic carbocycles. The van der Waals surface area contributed by atoms with Crippen molar-refractivity contribution in [3.8, 4) is 5.69 Å². The van der Waals surface area contributed by atoms with Crippen molar-refractivity contribution in [3.05, 3.63) is 87.3 Å². The first kappa shape index (κ1) is 20.4. The minimum absolute atomic E-state index is 0.0374. The van der Waals surface area contributed by atoms with E-state index in [1.807, 2.05) is 30.3 Å². The summed E-state index contributed by atoms with van der Waals surface area (Å²) in [7, 11) is 0. The molecule has 4 rings (SSSR count). The lowest BCUT2D eigenvalue weighted by molar-refractivity contribution is -0.113. The number of anilines is 1. The molecule has 0 bridgehead atoms. The molecule has 0 saturated heterocycles. The van der Waals surface area contributed by atoms with Crippen LogP contribution in [0.2, 0.25) is 10.0 Å². The number of para-hydroxylation sites is 1. The van der Waals surface area contributed by atoms with Gasteiger partial charge in [-0.2, -0.15) is 0 Å². The lowest BCUT2D eigenvalue weighted by Gasteiger charge is -2.13. The highest BCUT2D eigenvalue weighted by atomic mass is 35.5. The Kier molecular flexibility index (Phi) is 6.03. The third-order valence-electron chi connectivity index (χ3n) is 4.14. The first-order valence-corrected chi connectivity index (χ1v) is 10.6. The highest BCUT2D eigenvalue weighted by Crippen LogP contribution is 2.23. The second-order valence-electron chi connectivity index (χ2n) is 6.23. The van der Waals surface area contributed by atoms with E-state index in [0.29, 0.717) is 37.6 Å². The monoisotopic (exact) mass is 456 g/mol. The largest absolute Gasteiger partial charge is 0.310 e. The Morgan fingerprint density at radius 1 is 1.03 bits per heavy atom. The second kappa shape index (κ2) is 8.87. The number of pyridine rings is 1. The van der Waals surface area contributed by atoms with Gasteiger partial charge in [0.1, 0.15) is 5.82 Å². The molecule has 0 atom stereocenters. The summed E-state index contributed by atoms with van der Waals surface area (Å²) in [5.41, 5.74) is 0.904. The van der Waals surface area contributed by atoms with Crippen LogP contribution < -0.4 is 10.9 Å². The summed E-state index contributed by atoms with van der Waals surface area (Å²) in [6, 6.07) is 17.3. The van der Waals surface area contributed by atoms with Gasteiger partial charge in [-0.05, 0) is 42.5 Å². The quantitative estimate of drug-likeness (QED) is 0.344. The van der Waals surface area contributed by atoms with Crippen LogP contribution in [0, 0.1) is 0 Å². The molecular weight excluding hydrogens is 443 g/mol. The number of carbonyl (C=O) groups is 1. The average molecular weight is 457 g/mol. The molecule has 6 nitrogen and oxygen atoms in total. The number of aromatic nitrogens is 3. The molecule has 0 saturated carbocycles. The Labute approximate surface area is 185 Å². The predicted molar refractivity (Wildman–Crippen MR) is 121 cm³/mol. The number of hydrogen-bond donors (Lipinski definition) is 1. The van der Waals surface area contributed by atoms with Crippen molar-refractivity contribution >= 4 is 57.6 Å². The number of benzene rings is 2. The van der Waals surface area contributed by atoms with Gasteiger partial charge in [0.15, 0.2) is 5.16 Å². The van der Waals surface area contributed by atoms with Crippen LogP contribution in [0.3, 0.4) is 0 Å². The van der Waals surface area contributed by atoms with Gasteiger partial charge in [-0.1, -0.05) is 53.2 Å². The van der Waals surface area contributed by atoms with Crippen LogP contribution in [0.15, 0.2) is 76.8 Å². The Morgan fingerprint density at radius 3 is 2.53 bits per heavy atom. The smallest absolute Gasteiger partial charge is 0.266 e. The molecule has 4 aromatic rings. The number of amides is 1. The van der Waals surface area contributed by atoms with Crippen molar-refractivity contribution in [2.45, 2.75) is 5.16 Å². The molecule has 1 N–H and O–H groups in total. The normalized spacial score (nSPS) is 10.9. The second-order valence-corrected chi connectivity index (χ2v) is 8.05. The van der Waals surface area contributed by atoms with Crippen molar-refractivity contribution in [2.75, 3.05) is 11.1 Å². The molecule has 2 heterocycles. The zero-order valence-electron chi connectivity index (χ0n) is 15.4. The van der Waals surface area contributed by atoms with Crippen LogP contribution in [0.5, 0.6) is 0 Å². The molecule has 0 unspecified atom stereocenters. The topological polar surface area (TPSA) is 76.9 Å². The van der Waals surface area contributed by atoms with E-state index < -0.39 is 0 Å². The van der Waals surface area contributed by atoms with Gasteiger partial charge in [-0.25, -0.2) is 9.97 Å². The molecule has 2 aromatic heterocycles. The Morgan fingerprint density at radius 2 is 1.80 bits per heavy atom. The number of thioether (sulfide) groups is 1. The molecule has 0 aliphatic rings. The molecule has 0 fully saturated rings. The number of halogens is 2. The van der Waals surface area contributed by atoms with Gasteiger partial charge in [-0.3, -0.25) is 14.2 Å². The van der Waals surface area contributed by atoms with E-state index in [2.05, 4.69) is 15.3 Å². The van der Waals surface area contributed by atoms with Crippen LogP contribution in [-0.4, -0.2) is 26.2 Å². The van der Waals surface area contributed by atoms with Gasteiger partial charge >= 0.3 is 0 Å². The van der Waals surface area contributed by atoms with Gasteiger partial charge < -0.3 is 5.32 Å². The van der Waals surface area contributed by atoms with Crippen molar-refractivity contribution in [3.63, 3.8) is 0 Å². The van der Waals surface area contributed by atoms with Crippen molar-refractivity contribution in [2.24, 2.45) is 0 Å². The molecule has 0 radical (unpaired) electrons. The summed E-state index contributed by atoms with van der Waals surface area (Å²) in [6.45, 7) is 0. The summed E-state index contributed by atoms with van der Waals surface area (Å²) >= 11 is 13.0. The summed E-state index contributed by atoms with van der Waals surface area (Å²) in [4.78, 5) is 34.2. The zero-order chi connectivity index (χ0) is 21.1. The first-order chi connectivity index (χ1) is 14.5. The minimum atomic E-state index is -0.283. The summed E-state index contributed by atoms with van der Waals surface area (Å²) in [5, 5.41) is 4.49. The molecule has 30 heavy (non-hydrogen) atoms. The number of nitrogens with one attached hydrogen (secondary N) is 1. The van der Waals surface area contributed by atoms with Crippen LogP contribution >= 0.6 is 35.0 Å². The molecule has 1 amide bonds. The van der Waals surface area contributed by atoms with E-state index in [0.717, 1.165) is 11.8 Å². The van der Waals surface area contributed by atoms with E-state index in [-0.39, 0.29) is 17.2 Å². The van der Waals surface area contributed by atoms with E-state index in [1.165, 1.54) is 10.8 Å². The van der Waals surface area contributed by atoms with E-state index in [9.17, 15) is 9.59 Å². The maximum absolute atomic E-state index is 13.2. The summed E-state index contributed by atoms with van der Waals surface area (Å²) in [5.74, 6) is 0.147. The third-order valence-corrected chi connectivity index (χ3v) is 5.54. The van der Waals surface area contributed by atoms with Crippen LogP contribution in [0.25, 0.3) is 16.6 Å². The van der Waals surface area contributed by atoms with Crippen molar-refractivity contribution in [1.29, 1.82) is 0 Å². The van der Waals surface area contributed by atoms with Gasteiger partial charge in [-0.15, -0.1) is 0 Å². The fraction of sp³-hybridized carbons (Fsp3) is 0.0476. The van der Waals surface area contributed by atoms with Gasteiger partial charge in [0, 0.05) is 11.2 Å². The third kappa shape index (κ3) is 4.48. The van der Waals surface area contributed by atoms with Crippen molar-refractivity contribution < 1.29 is 4.79 Å². The number of hydrogen-bond acceptors (Lipinski definition) is 5. The maximum atomic E-state index is 13.2. The van der Waals surface area contributed by atoms with E-state index >= 15 is 0 Å². The molecular formula is C21H14Cl2N4O2S. The molecule has 9 heteroatoms. The Hall–Kier alpha value is -2.87. The summed E-state index contributed by atoms with van der Waals surface area (Å²) in [6.07, 6.45) is 1.45. The standard InChI is InChI=1S/C21H14Cl2N4O2S/c22-13-6-8-16-17(10-13)25-21(27(20(16)29)15-4-2-1-3-5-15)30-12-19(28)26-18-9-7-14(23)11-24-18/h1-11H,12H2,(H,24,26,28). The minimum Gasteiger partial charge on any atom is -0.310 e. The van der Waals surface area contributed by atoms with Crippen LogP contribution in [0.1, 0.15) is 0 Å². The number of rotatable bonds is 5. The maximum Gasteiger partial charge on any atom is 0.266 e. The molecule has 0 aliphatic heterocycles. The Balaban J connectivity index is 1.67. The average Bonchev–Trinajstić information content (AvgIpc) is 2.74.